The number of carbonyl (C=O) groups is 1. The van der Waals surface area contributed by atoms with Crippen LogP contribution in [0.3, 0.4) is 0 Å². The number of esters is 1. The Balaban J connectivity index is 2.12. The van der Waals surface area contributed by atoms with Gasteiger partial charge in [0, 0.05) is 11.1 Å². The number of hydrogen-bond acceptors (Lipinski definition) is 4. The van der Waals surface area contributed by atoms with Gasteiger partial charge in [0.05, 0.1) is 18.3 Å². The summed E-state index contributed by atoms with van der Waals surface area (Å²) in [7, 11) is 1.36. The zero-order chi connectivity index (χ0) is 16.4. The fourth-order valence-corrected chi connectivity index (χ4v) is 2.69. The minimum atomic E-state index is -0.445. The average molecular weight is 306 g/mol. The molecule has 0 saturated carbocycles. The number of benzene rings is 2. The molecule has 4 heteroatoms. The smallest absolute Gasteiger partial charge is 0.356 e. The SMILES string of the molecule is COC(=O)c1cc(Nc2cc(C)cc(C)c2)c2ccccc2n1. The molecule has 0 unspecified atom stereocenters. The van der Waals surface area contributed by atoms with E-state index in [9.17, 15) is 4.79 Å². The lowest BCUT2D eigenvalue weighted by molar-refractivity contribution is 0.0594. The van der Waals surface area contributed by atoms with Gasteiger partial charge in [-0.3, -0.25) is 0 Å². The van der Waals surface area contributed by atoms with Gasteiger partial charge in [0.2, 0.25) is 0 Å². The van der Waals surface area contributed by atoms with Gasteiger partial charge in [-0.25, -0.2) is 9.78 Å². The van der Waals surface area contributed by atoms with Crippen molar-refractivity contribution in [2.45, 2.75) is 13.8 Å². The first-order valence-corrected chi connectivity index (χ1v) is 7.40. The number of aryl methyl sites for hydroxylation is 2. The quantitative estimate of drug-likeness (QED) is 0.729. The average Bonchev–Trinajstić information content (AvgIpc) is 2.53. The number of rotatable bonds is 3. The Morgan fingerprint density at radius 1 is 1.04 bits per heavy atom. The fourth-order valence-electron chi connectivity index (χ4n) is 2.69. The molecule has 0 aliphatic heterocycles. The summed E-state index contributed by atoms with van der Waals surface area (Å²) in [5, 5.41) is 4.36. The number of nitrogens with zero attached hydrogens (tertiary/aromatic N) is 1. The molecule has 0 spiro atoms. The van der Waals surface area contributed by atoms with E-state index < -0.39 is 5.97 Å². The van der Waals surface area contributed by atoms with Crippen molar-refractivity contribution in [2.24, 2.45) is 0 Å². The highest BCUT2D eigenvalue weighted by Gasteiger charge is 2.12. The molecular weight excluding hydrogens is 288 g/mol. The topological polar surface area (TPSA) is 51.2 Å². The minimum absolute atomic E-state index is 0.290. The lowest BCUT2D eigenvalue weighted by Crippen LogP contribution is -2.06. The van der Waals surface area contributed by atoms with Crippen molar-refractivity contribution in [1.82, 2.24) is 4.98 Å². The first-order valence-electron chi connectivity index (χ1n) is 7.40. The number of anilines is 2. The first-order chi connectivity index (χ1) is 11.1. The maximum absolute atomic E-state index is 11.9. The number of carbonyl (C=O) groups excluding carboxylic acids is 1. The number of pyridine rings is 1. The minimum Gasteiger partial charge on any atom is -0.464 e. The van der Waals surface area contributed by atoms with Crippen LogP contribution in [-0.4, -0.2) is 18.1 Å². The number of nitrogens with one attached hydrogen (secondary N) is 1. The van der Waals surface area contributed by atoms with E-state index in [0.29, 0.717) is 0 Å². The van der Waals surface area contributed by atoms with Crippen LogP contribution < -0.4 is 5.32 Å². The van der Waals surface area contributed by atoms with Gasteiger partial charge in [-0.1, -0.05) is 24.3 Å². The summed E-state index contributed by atoms with van der Waals surface area (Å²) < 4.78 is 4.80. The Morgan fingerprint density at radius 3 is 2.43 bits per heavy atom. The number of para-hydroxylation sites is 1. The molecule has 3 rings (SSSR count). The lowest BCUT2D eigenvalue weighted by Gasteiger charge is -2.12. The van der Waals surface area contributed by atoms with Crippen LogP contribution in [0.15, 0.2) is 48.5 Å². The Labute approximate surface area is 135 Å². The second-order valence-corrected chi connectivity index (χ2v) is 5.57. The zero-order valence-corrected chi connectivity index (χ0v) is 13.4. The maximum atomic E-state index is 11.9. The van der Waals surface area contributed by atoms with Crippen molar-refractivity contribution in [3.8, 4) is 0 Å². The van der Waals surface area contributed by atoms with Crippen molar-refractivity contribution >= 4 is 28.2 Å². The van der Waals surface area contributed by atoms with Crippen LogP contribution in [0.4, 0.5) is 11.4 Å². The molecule has 1 aromatic heterocycles. The number of hydrogen-bond donors (Lipinski definition) is 1. The van der Waals surface area contributed by atoms with E-state index in [1.165, 1.54) is 18.2 Å². The van der Waals surface area contributed by atoms with E-state index in [4.69, 9.17) is 4.74 Å². The van der Waals surface area contributed by atoms with Crippen LogP contribution in [0, 0.1) is 13.8 Å². The molecule has 3 aromatic rings. The molecule has 4 nitrogen and oxygen atoms in total. The van der Waals surface area contributed by atoms with Crippen molar-refractivity contribution in [3.63, 3.8) is 0 Å². The van der Waals surface area contributed by atoms with Gasteiger partial charge >= 0.3 is 5.97 Å². The van der Waals surface area contributed by atoms with Gasteiger partial charge in [0.15, 0.2) is 5.69 Å². The normalized spacial score (nSPS) is 10.6. The monoisotopic (exact) mass is 306 g/mol. The largest absolute Gasteiger partial charge is 0.464 e. The van der Waals surface area contributed by atoms with Crippen LogP contribution >= 0.6 is 0 Å². The van der Waals surface area contributed by atoms with Crippen LogP contribution in [0.2, 0.25) is 0 Å². The summed E-state index contributed by atoms with van der Waals surface area (Å²) in [4.78, 5) is 16.2. The maximum Gasteiger partial charge on any atom is 0.356 e. The van der Waals surface area contributed by atoms with E-state index in [1.54, 1.807) is 6.07 Å². The highest BCUT2D eigenvalue weighted by atomic mass is 16.5. The van der Waals surface area contributed by atoms with E-state index >= 15 is 0 Å². The van der Waals surface area contributed by atoms with E-state index in [2.05, 4.69) is 42.3 Å². The van der Waals surface area contributed by atoms with E-state index in [0.717, 1.165) is 22.3 Å². The van der Waals surface area contributed by atoms with Gasteiger partial charge in [-0.05, 0) is 49.2 Å². The van der Waals surface area contributed by atoms with Gasteiger partial charge in [-0.15, -0.1) is 0 Å². The molecule has 0 amide bonds. The Hall–Kier alpha value is -2.88. The third-order valence-corrected chi connectivity index (χ3v) is 3.61. The van der Waals surface area contributed by atoms with Crippen LogP contribution in [-0.2, 0) is 4.74 Å². The van der Waals surface area contributed by atoms with Crippen molar-refractivity contribution in [1.29, 1.82) is 0 Å². The number of methoxy groups -OCH3 is 1. The predicted molar refractivity (Wildman–Crippen MR) is 92.3 cm³/mol. The standard InChI is InChI=1S/C19H18N2O2/c1-12-8-13(2)10-14(9-12)20-17-11-18(19(22)23-3)21-16-7-5-4-6-15(16)17/h4-11H,1-3H3,(H,20,21). The molecule has 0 aliphatic rings. The molecule has 0 atom stereocenters. The molecule has 0 fully saturated rings. The lowest BCUT2D eigenvalue weighted by atomic mass is 10.1. The van der Waals surface area contributed by atoms with Crippen LogP contribution in [0.1, 0.15) is 21.6 Å². The summed E-state index contributed by atoms with van der Waals surface area (Å²) in [6.07, 6.45) is 0. The highest BCUT2D eigenvalue weighted by molar-refractivity contribution is 5.98. The summed E-state index contributed by atoms with van der Waals surface area (Å²) in [5.41, 5.74) is 5.22. The number of fused-ring (bicyclic) bond motifs is 1. The Morgan fingerprint density at radius 2 is 1.74 bits per heavy atom. The van der Waals surface area contributed by atoms with Crippen LogP contribution in [0.5, 0.6) is 0 Å². The van der Waals surface area contributed by atoms with Crippen LogP contribution in [0.25, 0.3) is 10.9 Å². The first kappa shape index (κ1) is 15.0. The van der Waals surface area contributed by atoms with Gasteiger partial charge in [-0.2, -0.15) is 0 Å². The van der Waals surface area contributed by atoms with Crippen molar-refractivity contribution in [2.75, 3.05) is 12.4 Å². The molecule has 1 heterocycles. The fraction of sp³-hybridized carbons (Fsp3) is 0.158. The second kappa shape index (κ2) is 6.08. The third-order valence-electron chi connectivity index (χ3n) is 3.61. The van der Waals surface area contributed by atoms with E-state index in [-0.39, 0.29) is 5.69 Å². The van der Waals surface area contributed by atoms with Crippen molar-refractivity contribution < 1.29 is 9.53 Å². The highest BCUT2D eigenvalue weighted by Crippen LogP contribution is 2.27. The second-order valence-electron chi connectivity index (χ2n) is 5.57. The van der Waals surface area contributed by atoms with E-state index in [1.807, 2.05) is 24.3 Å². The predicted octanol–water partition coefficient (Wildman–Crippen LogP) is 4.38. The third kappa shape index (κ3) is 3.16. The van der Waals surface area contributed by atoms with Gasteiger partial charge in [0.1, 0.15) is 0 Å². The number of aromatic nitrogens is 1. The molecule has 23 heavy (non-hydrogen) atoms. The summed E-state index contributed by atoms with van der Waals surface area (Å²) in [6.45, 7) is 4.12. The molecular formula is C19H18N2O2. The molecule has 0 radical (unpaired) electrons. The molecule has 1 N–H and O–H groups in total. The zero-order valence-electron chi connectivity index (χ0n) is 13.4. The molecule has 2 aromatic carbocycles. The molecule has 0 saturated heterocycles. The molecule has 0 aliphatic carbocycles. The molecule has 0 bridgehead atoms. The van der Waals surface area contributed by atoms with Gasteiger partial charge in [0.25, 0.3) is 0 Å². The summed E-state index contributed by atoms with van der Waals surface area (Å²) >= 11 is 0. The molecule has 116 valence electrons. The summed E-state index contributed by atoms with van der Waals surface area (Å²) in [5.74, 6) is -0.445. The van der Waals surface area contributed by atoms with Gasteiger partial charge < -0.3 is 10.1 Å². The Bertz CT molecular complexity index is 867. The number of ether oxygens (including phenoxy) is 1. The summed E-state index contributed by atoms with van der Waals surface area (Å²) in [6, 6.07) is 15.7. The van der Waals surface area contributed by atoms with Crippen molar-refractivity contribution in [3.05, 3.63) is 65.4 Å². The Kier molecular flexibility index (Phi) is 3.98.